The fraction of sp³-hybridized carbons (Fsp3) is 0.250. The van der Waals surface area contributed by atoms with Crippen LogP contribution in [-0.2, 0) is 0 Å². The normalized spacial score (nSPS) is 12.3. The second-order valence-electron chi connectivity index (χ2n) is 4.93. The summed E-state index contributed by atoms with van der Waals surface area (Å²) in [6.45, 7) is 4.07. The van der Waals surface area contributed by atoms with Crippen LogP contribution < -0.4 is 10.5 Å². The van der Waals surface area contributed by atoms with Gasteiger partial charge in [0.05, 0.1) is 13.2 Å². The molecule has 0 saturated carbocycles. The Morgan fingerprint density at radius 2 is 1.57 bits per heavy atom. The van der Waals surface area contributed by atoms with Crippen LogP contribution in [0.3, 0.4) is 0 Å². The highest BCUT2D eigenvalue weighted by atomic mass is 79.9. The van der Waals surface area contributed by atoms with Gasteiger partial charge in [0.1, 0.15) is 5.75 Å². The highest BCUT2D eigenvalue weighted by Crippen LogP contribution is 2.38. The second kappa shape index (κ2) is 6.82. The summed E-state index contributed by atoms with van der Waals surface area (Å²) in [5.74, 6) is 0.847. The first-order chi connectivity index (χ1) is 9.85. The zero-order chi connectivity index (χ0) is 15.7. The number of benzene rings is 2. The number of hydrogen-bond donors (Lipinski definition) is 1. The summed E-state index contributed by atoms with van der Waals surface area (Å²) < 4.78 is 8.62. The molecule has 0 saturated heterocycles. The van der Waals surface area contributed by atoms with E-state index in [4.69, 9.17) is 10.5 Å². The van der Waals surface area contributed by atoms with Crippen LogP contribution in [0.5, 0.6) is 5.75 Å². The van der Waals surface area contributed by atoms with Crippen molar-refractivity contribution in [2.75, 3.05) is 7.11 Å². The highest BCUT2D eigenvalue weighted by Gasteiger charge is 2.21. The number of aryl methyl sites for hydroxylation is 1. The van der Waals surface area contributed by atoms with Crippen LogP contribution in [0.4, 0.5) is 0 Å². The van der Waals surface area contributed by atoms with E-state index in [-0.39, 0.29) is 6.04 Å². The van der Waals surface area contributed by atoms with Gasteiger partial charge in [-0.3, -0.25) is 0 Å². The highest BCUT2D eigenvalue weighted by molar-refractivity contribution is 9.11. The number of nitrogens with two attached hydrogens (primary N) is 1. The van der Waals surface area contributed by atoms with Crippen molar-refractivity contribution in [1.82, 2.24) is 0 Å². The van der Waals surface area contributed by atoms with Gasteiger partial charge in [-0.25, -0.2) is 0 Å². The number of methoxy groups -OCH3 is 1. The topological polar surface area (TPSA) is 35.2 Å². The Labute approximate surface area is 150 Å². The van der Waals surface area contributed by atoms with E-state index in [0.717, 1.165) is 41.4 Å². The average Bonchev–Trinajstić information content (AvgIpc) is 2.40. The van der Waals surface area contributed by atoms with Gasteiger partial charge in [0.15, 0.2) is 0 Å². The molecule has 2 aromatic carbocycles. The van der Waals surface area contributed by atoms with E-state index >= 15 is 0 Å². The van der Waals surface area contributed by atoms with Gasteiger partial charge in [0.25, 0.3) is 0 Å². The predicted octanol–water partition coefficient (Wildman–Crippen LogP) is 5.65. The molecule has 2 rings (SSSR count). The Balaban J connectivity index is 2.64. The molecular weight excluding hydrogens is 462 g/mol. The first-order valence-electron chi connectivity index (χ1n) is 6.40. The Kier molecular flexibility index (Phi) is 5.52. The van der Waals surface area contributed by atoms with Crippen molar-refractivity contribution in [2.24, 2.45) is 5.73 Å². The van der Waals surface area contributed by atoms with E-state index < -0.39 is 0 Å². The molecule has 0 aromatic heterocycles. The molecule has 1 unspecified atom stereocenters. The number of ether oxygens (including phenoxy) is 1. The molecule has 2 nitrogen and oxygen atoms in total. The third-order valence-corrected chi connectivity index (χ3v) is 5.21. The van der Waals surface area contributed by atoms with Crippen molar-refractivity contribution in [3.63, 3.8) is 0 Å². The van der Waals surface area contributed by atoms with Crippen molar-refractivity contribution in [3.05, 3.63) is 59.9 Å². The van der Waals surface area contributed by atoms with Crippen molar-refractivity contribution in [2.45, 2.75) is 19.9 Å². The molecule has 0 radical (unpaired) electrons. The first kappa shape index (κ1) is 17.0. The molecule has 0 heterocycles. The van der Waals surface area contributed by atoms with E-state index in [0.29, 0.717) is 0 Å². The Hall–Kier alpha value is -0.360. The van der Waals surface area contributed by atoms with Crippen LogP contribution in [0.25, 0.3) is 0 Å². The van der Waals surface area contributed by atoms with Crippen LogP contribution >= 0.6 is 47.8 Å². The van der Waals surface area contributed by atoms with E-state index in [1.165, 1.54) is 0 Å². The monoisotopic (exact) mass is 475 g/mol. The van der Waals surface area contributed by atoms with Gasteiger partial charge < -0.3 is 10.5 Å². The van der Waals surface area contributed by atoms with Crippen molar-refractivity contribution < 1.29 is 4.74 Å². The summed E-state index contributed by atoms with van der Waals surface area (Å²) in [7, 11) is 1.68. The summed E-state index contributed by atoms with van der Waals surface area (Å²) >= 11 is 10.6. The minimum Gasteiger partial charge on any atom is -0.496 e. The first-order valence-corrected chi connectivity index (χ1v) is 8.78. The molecule has 1 atom stereocenters. The fourth-order valence-corrected chi connectivity index (χ4v) is 4.33. The molecule has 0 aliphatic heterocycles. The van der Waals surface area contributed by atoms with Crippen molar-refractivity contribution >= 4 is 47.8 Å². The van der Waals surface area contributed by atoms with Crippen LogP contribution in [0.1, 0.15) is 28.3 Å². The molecule has 21 heavy (non-hydrogen) atoms. The van der Waals surface area contributed by atoms with Crippen LogP contribution in [0, 0.1) is 13.8 Å². The van der Waals surface area contributed by atoms with Crippen LogP contribution in [-0.4, -0.2) is 7.11 Å². The molecule has 0 spiro atoms. The molecule has 2 N–H and O–H groups in total. The summed E-state index contributed by atoms with van der Waals surface area (Å²) in [5, 5.41) is 0. The molecular formula is C16H16Br3NO. The maximum atomic E-state index is 6.53. The van der Waals surface area contributed by atoms with Crippen LogP contribution in [0.2, 0.25) is 0 Å². The van der Waals surface area contributed by atoms with Gasteiger partial charge in [-0.05, 0) is 54.8 Å². The SMILES string of the molecule is COc1c(C)cc(Br)c(C)c1C(N)c1cc(Br)cc(Br)c1. The Morgan fingerprint density at radius 3 is 2.10 bits per heavy atom. The standard InChI is InChI=1S/C16H16Br3NO/c1-8-4-13(19)9(2)14(16(8)21-3)15(20)10-5-11(17)7-12(18)6-10/h4-7,15H,20H2,1-3H3. The molecule has 0 aliphatic rings. The van der Waals surface area contributed by atoms with Crippen LogP contribution in [0.15, 0.2) is 37.7 Å². The molecule has 0 amide bonds. The van der Waals surface area contributed by atoms with Gasteiger partial charge in [-0.15, -0.1) is 0 Å². The minimum atomic E-state index is -0.259. The smallest absolute Gasteiger partial charge is 0.127 e. The summed E-state index contributed by atoms with van der Waals surface area (Å²) in [6, 6.07) is 7.85. The third kappa shape index (κ3) is 3.52. The van der Waals surface area contributed by atoms with Crippen molar-refractivity contribution in [1.29, 1.82) is 0 Å². The zero-order valence-electron chi connectivity index (χ0n) is 12.0. The van der Waals surface area contributed by atoms with E-state index in [1.807, 2.05) is 32.0 Å². The Bertz CT molecular complexity index is 665. The summed E-state index contributed by atoms with van der Waals surface area (Å²) in [6.07, 6.45) is 0. The average molecular weight is 478 g/mol. The van der Waals surface area contributed by atoms with Gasteiger partial charge >= 0.3 is 0 Å². The molecule has 2 aromatic rings. The maximum absolute atomic E-state index is 6.53. The van der Waals surface area contributed by atoms with E-state index in [9.17, 15) is 0 Å². The quantitative estimate of drug-likeness (QED) is 0.620. The third-order valence-electron chi connectivity index (χ3n) is 3.47. The number of halogens is 3. The predicted molar refractivity (Wildman–Crippen MR) is 98.0 cm³/mol. The van der Waals surface area contributed by atoms with E-state index in [1.54, 1.807) is 7.11 Å². The van der Waals surface area contributed by atoms with Gasteiger partial charge in [-0.1, -0.05) is 47.8 Å². The largest absolute Gasteiger partial charge is 0.496 e. The molecule has 0 fully saturated rings. The van der Waals surface area contributed by atoms with E-state index in [2.05, 4.69) is 53.9 Å². The Morgan fingerprint density at radius 1 is 1.00 bits per heavy atom. The van der Waals surface area contributed by atoms with Crippen molar-refractivity contribution in [3.8, 4) is 5.75 Å². The summed E-state index contributed by atoms with van der Waals surface area (Å²) in [4.78, 5) is 0. The maximum Gasteiger partial charge on any atom is 0.127 e. The lowest BCUT2D eigenvalue weighted by Crippen LogP contribution is -2.15. The van der Waals surface area contributed by atoms with Gasteiger partial charge in [-0.2, -0.15) is 0 Å². The lowest BCUT2D eigenvalue weighted by atomic mass is 9.93. The molecule has 0 bridgehead atoms. The minimum absolute atomic E-state index is 0.259. The zero-order valence-corrected chi connectivity index (χ0v) is 16.8. The summed E-state index contributed by atoms with van der Waals surface area (Å²) in [5.41, 5.74) is 10.7. The molecule has 5 heteroatoms. The lowest BCUT2D eigenvalue weighted by molar-refractivity contribution is 0.404. The second-order valence-corrected chi connectivity index (χ2v) is 7.61. The number of rotatable bonds is 3. The fourth-order valence-electron chi connectivity index (χ4n) is 2.44. The lowest BCUT2D eigenvalue weighted by Gasteiger charge is -2.22. The van der Waals surface area contributed by atoms with Gasteiger partial charge in [0, 0.05) is 19.0 Å². The number of hydrogen-bond acceptors (Lipinski definition) is 2. The van der Waals surface area contributed by atoms with Gasteiger partial charge in [0.2, 0.25) is 0 Å². The molecule has 0 aliphatic carbocycles. The molecule has 112 valence electrons.